The number of nitrogens with zero attached hydrogens (tertiary/aromatic N) is 7. The minimum atomic E-state index is 0.540. The fraction of sp³-hybridized carbons (Fsp3) is 0. The number of hydrogen-bond donors (Lipinski definition) is 0. The highest BCUT2D eigenvalue weighted by Crippen LogP contribution is 2.46. The molecule has 14 aromatic carbocycles. The largest absolute Gasteiger partial charge is 0.457 e. The fourth-order valence-electron chi connectivity index (χ4n) is 12.2. The van der Waals surface area contributed by atoms with Crippen molar-refractivity contribution >= 4 is 32.3 Å². The van der Waals surface area contributed by atoms with Gasteiger partial charge in [-0.3, -0.25) is 0 Å². The molecule has 0 saturated heterocycles. The SMILES string of the molecule is N#Cc1ccc(-c2ccc(-c3ccc(Oc4ccc(-c5nc(-c6ccccc6)nc(-c6ccccc6)n5)cc4)c(-c4cc(-c5ccc6c7ccccc7c7ccccc7c6c5)ccc4Oc4ccc(-c5nc(-c6ccccc6)nc(-c6ccccc6)n5)cc4)c3)cc2)cc1. The molecule has 0 aliphatic carbocycles. The molecule has 0 bridgehead atoms. The topological polar surface area (TPSA) is 120 Å². The van der Waals surface area contributed by atoms with Crippen LogP contribution in [0.25, 0.3) is 145 Å². The molecule has 2 heterocycles. The van der Waals surface area contributed by atoms with Crippen molar-refractivity contribution in [2.24, 2.45) is 0 Å². The molecule has 9 nitrogen and oxygen atoms in total. The molecule has 0 aliphatic rings. The highest BCUT2D eigenvalue weighted by Gasteiger charge is 2.21. The Bertz CT molecular complexity index is 5360. The highest BCUT2D eigenvalue weighted by atomic mass is 16.5. The maximum Gasteiger partial charge on any atom is 0.164 e. The molecule has 0 atom stereocenters. The molecule has 9 heteroatoms. The summed E-state index contributed by atoms with van der Waals surface area (Å²) >= 11 is 0. The lowest BCUT2D eigenvalue weighted by molar-refractivity contribution is 0.477. The number of ether oxygens (including phenoxy) is 2. The normalized spacial score (nSPS) is 11.2. The number of benzene rings is 14. The smallest absolute Gasteiger partial charge is 0.164 e. The summed E-state index contributed by atoms with van der Waals surface area (Å²) in [6, 6.07) is 111. The maximum atomic E-state index is 9.52. The minimum Gasteiger partial charge on any atom is -0.457 e. The number of hydrogen-bond acceptors (Lipinski definition) is 9. The summed E-state index contributed by atoms with van der Waals surface area (Å²) in [6.07, 6.45) is 0. The molecule has 0 saturated carbocycles. The van der Waals surface area contributed by atoms with Gasteiger partial charge in [-0.1, -0.05) is 231 Å². The molecular formula is C85H53N7O2. The van der Waals surface area contributed by atoms with Gasteiger partial charge in [0.05, 0.1) is 11.6 Å². The van der Waals surface area contributed by atoms with Crippen LogP contribution in [0.2, 0.25) is 0 Å². The van der Waals surface area contributed by atoms with Crippen LogP contribution in [-0.4, -0.2) is 29.9 Å². The molecular weight excluding hydrogens is 1150 g/mol. The summed E-state index contributed by atoms with van der Waals surface area (Å²) in [5, 5.41) is 16.7. The lowest BCUT2D eigenvalue weighted by Gasteiger charge is -2.19. The van der Waals surface area contributed by atoms with Gasteiger partial charge < -0.3 is 9.47 Å². The second-order valence-corrected chi connectivity index (χ2v) is 22.9. The Morgan fingerprint density at radius 3 is 0.830 bits per heavy atom. The van der Waals surface area contributed by atoms with E-state index in [9.17, 15) is 5.26 Å². The third-order valence-corrected chi connectivity index (χ3v) is 17.0. The lowest BCUT2D eigenvalue weighted by Crippen LogP contribution is -2.00. The average Bonchev–Trinajstić information content (AvgIpc) is 0.759. The van der Waals surface area contributed by atoms with Crippen molar-refractivity contribution in [3.05, 3.63) is 327 Å². The molecule has 16 aromatic rings. The Balaban J connectivity index is 0.828. The second-order valence-electron chi connectivity index (χ2n) is 22.9. The van der Waals surface area contributed by atoms with Crippen LogP contribution in [0.3, 0.4) is 0 Å². The van der Waals surface area contributed by atoms with Gasteiger partial charge in [0, 0.05) is 44.5 Å². The molecule has 440 valence electrons. The molecule has 0 radical (unpaired) electrons. The molecule has 0 unspecified atom stereocenters. The molecule has 2 aromatic heterocycles. The molecule has 0 amide bonds. The standard InChI is InChI=1S/C85H53N7O2/c86-54-55-29-31-56(32-30-55)57-33-35-58(36-34-57)65-42-49-78(93-68-44-37-63(38-45-68)84-89-80(59-17-5-1-6-18-59)87-81(90-84)60-19-7-2-8-20-60)76(52-65)77-53-67(66-41-48-74-72-27-14-13-25-70(72)71-26-15-16-28-73(71)75(74)51-66)43-50-79(77)94-69-46-39-64(40-47-69)85-91-82(61-21-9-3-10-22-61)88-83(92-85)62-23-11-4-12-24-62/h1-53H. The van der Waals surface area contributed by atoms with Gasteiger partial charge in [-0.2, -0.15) is 5.26 Å². The zero-order valence-electron chi connectivity index (χ0n) is 50.5. The third kappa shape index (κ3) is 11.3. The van der Waals surface area contributed by atoms with Crippen molar-refractivity contribution in [3.63, 3.8) is 0 Å². The summed E-state index contributed by atoms with van der Waals surface area (Å²) in [5.74, 6) is 5.84. The van der Waals surface area contributed by atoms with E-state index in [-0.39, 0.29) is 0 Å². The van der Waals surface area contributed by atoms with Crippen molar-refractivity contribution in [3.8, 4) is 142 Å². The summed E-state index contributed by atoms with van der Waals surface area (Å²) in [6.45, 7) is 0. The van der Waals surface area contributed by atoms with E-state index in [0.717, 1.165) is 77.9 Å². The monoisotopic (exact) mass is 1200 g/mol. The van der Waals surface area contributed by atoms with E-state index < -0.39 is 0 Å². The zero-order valence-corrected chi connectivity index (χ0v) is 50.5. The van der Waals surface area contributed by atoms with Gasteiger partial charge in [-0.25, -0.2) is 29.9 Å². The zero-order chi connectivity index (χ0) is 62.7. The Morgan fingerprint density at radius 2 is 0.468 bits per heavy atom. The number of rotatable bonds is 14. The van der Waals surface area contributed by atoms with Crippen molar-refractivity contribution < 1.29 is 9.47 Å². The van der Waals surface area contributed by atoms with Gasteiger partial charge in [0.1, 0.15) is 23.0 Å². The van der Waals surface area contributed by atoms with Crippen LogP contribution >= 0.6 is 0 Å². The van der Waals surface area contributed by atoms with E-state index >= 15 is 0 Å². The number of aromatic nitrogens is 6. The minimum absolute atomic E-state index is 0.540. The van der Waals surface area contributed by atoms with Gasteiger partial charge in [0.2, 0.25) is 0 Å². The second kappa shape index (κ2) is 24.7. The van der Waals surface area contributed by atoms with Crippen LogP contribution in [0.5, 0.6) is 23.0 Å². The first-order valence-electron chi connectivity index (χ1n) is 31.0. The van der Waals surface area contributed by atoms with Crippen molar-refractivity contribution in [1.82, 2.24) is 29.9 Å². The molecule has 0 spiro atoms. The first kappa shape index (κ1) is 56.2. The van der Waals surface area contributed by atoms with Gasteiger partial charge in [-0.15, -0.1) is 0 Å². The van der Waals surface area contributed by atoms with Crippen LogP contribution in [0, 0.1) is 11.3 Å². The quantitative estimate of drug-likeness (QED) is 0.0980. The molecule has 0 fully saturated rings. The van der Waals surface area contributed by atoms with Crippen LogP contribution < -0.4 is 9.47 Å². The highest BCUT2D eigenvalue weighted by molar-refractivity contribution is 6.25. The van der Waals surface area contributed by atoms with Crippen molar-refractivity contribution in [1.29, 1.82) is 5.26 Å². The molecule has 16 rings (SSSR count). The Morgan fingerprint density at radius 1 is 0.213 bits per heavy atom. The van der Waals surface area contributed by atoms with E-state index in [1.165, 1.54) is 32.3 Å². The number of nitriles is 1. The first-order valence-corrected chi connectivity index (χ1v) is 31.0. The summed E-state index contributed by atoms with van der Waals surface area (Å²) in [4.78, 5) is 29.9. The van der Waals surface area contributed by atoms with Crippen molar-refractivity contribution in [2.45, 2.75) is 0 Å². The van der Waals surface area contributed by atoms with Gasteiger partial charge in [0.25, 0.3) is 0 Å². The molecule has 0 N–H and O–H groups in total. The van der Waals surface area contributed by atoms with E-state index in [1.54, 1.807) is 0 Å². The van der Waals surface area contributed by atoms with E-state index in [1.807, 2.05) is 200 Å². The predicted molar refractivity (Wildman–Crippen MR) is 378 cm³/mol. The van der Waals surface area contributed by atoms with Crippen LogP contribution in [0.15, 0.2) is 322 Å². The Labute approximate surface area is 542 Å². The van der Waals surface area contributed by atoms with Gasteiger partial charge in [0.15, 0.2) is 34.9 Å². The fourth-order valence-corrected chi connectivity index (χ4v) is 12.2. The first-order chi connectivity index (χ1) is 46.5. The van der Waals surface area contributed by atoms with Gasteiger partial charge >= 0.3 is 0 Å². The molecule has 0 aliphatic heterocycles. The lowest BCUT2D eigenvalue weighted by atomic mass is 9.91. The van der Waals surface area contributed by atoms with Crippen molar-refractivity contribution in [2.75, 3.05) is 0 Å². The van der Waals surface area contributed by atoms with E-state index in [4.69, 9.17) is 39.4 Å². The summed E-state index contributed by atoms with van der Waals surface area (Å²) in [5.41, 5.74) is 13.5. The van der Waals surface area contributed by atoms with E-state index in [0.29, 0.717) is 63.5 Å². The van der Waals surface area contributed by atoms with E-state index in [2.05, 4.69) is 127 Å². The number of fused-ring (bicyclic) bond motifs is 6. The maximum absolute atomic E-state index is 9.52. The third-order valence-electron chi connectivity index (χ3n) is 17.0. The van der Waals surface area contributed by atoms with Crippen LogP contribution in [-0.2, 0) is 0 Å². The van der Waals surface area contributed by atoms with Gasteiger partial charge in [-0.05, 0) is 157 Å². The van der Waals surface area contributed by atoms with Crippen LogP contribution in [0.4, 0.5) is 0 Å². The average molecular weight is 1200 g/mol. The summed E-state index contributed by atoms with van der Waals surface area (Å²) in [7, 11) is 0. The summed E-state index contributed by atoms with van der Waals surface area (Å²) < 4.78 is 14.3. The predicted octanol–water partition coefficient (Wildman–Crippen LogP) is 21.6. The Hall–Kier alpha value is -13.0. The molecule has 94 heavy (non-hydrogen) atoms. The Kier molecular flexibility index (Phi) is 14.8. The van der Waals surface area contributed by atoms with Crippen LogP contribution in [0.1, 0.15) is 5.56 Å².